The third kappa shape index (κ3) is 3.21. The molecule has 0 bridgehead atoms. The molecule has 0 aromatic heterocycles. The summed E-state index contributed by atoms with van der Waals surface area (Å²) in [5.41, 5.74) is -0.537. The van der Waals surface area contributed by atoms with Crippen LogP contribution in [0.5, 0.6) is 0 Å². The van der Waals surface area contributed by atoms with E-state index in [1.807, 2.05) is 0 Å². The van der Waals surface area contributed by atoms with Crippen molar-refractivity contribution in [2.45, 2.75) is 45.1 Å². The Kier molecular flexibility index (Phi) is 4.39. The highest BCUT2D eigenvalue weighted by Crippen LogP contribution is 2.59. The lowest BCUT2D eigenvalue weighted by Gasteiger charge is -2.43. The van der Waals surface area contributed by atoms with Crippen LogP contribution in [0.25, 0.3) is 0 Å². The third-order valence-corrected chi connectivity index (χ3v) is 4.84. The minimum absolute atomic E-state index is 0.0356. The average molecular weight is 271 g/mol. The first kappa shape index (κ1) is 15.4. The molecular formula is C13H20O4P-. The Bertz CT molecular complexity index is 438. The Morgan fingerprint density at radius 2 is 1.78 bits per heavy atom. The smallest absolute Gasteiger partial charge is 0.171 e. The molecule has 2 atom stereocenters. The van der Waals surface area contributed by atoms with E-state index in [4.69, 9.17) is 4.52 Å². The summed E-state index contributed by atoms with van der Waals surface area (Å²) in [7, 11) is -4.45. The molecule has 4 nitrogen and oxygen atoms in total. The maximum Gasteiger partial charge on any atom is 0.171 e. The first-order chi connectivity index (χ1) is 8.12. The maximum atomic E-state index is 12.3. The van der Waals surface area contributed by atoms with E-state index in [-0.39, 0.29) is 6.42 Å². The normalized spacial score (nSPS) is 19.0. The lowest BCUT2D eigenvalue weighted by atomic mass is 10.1. The SMILES string of the molecule is CCC(O)(c1ccccc1)P(=O)([O-])OC(C)(C)C. The molecule has 2 unspecified atom stereocenters. The van der Waals surface area contributed by atoms with E-state index < -0.39 is 18.5 Å². The van der Waals surface area contributed by atoms with Crippen LogP contribution in [0.2, 0.25) is 0 Å². The van der Waals surface area contributed by atoms with Gasteiger partial charge in [0.1, 0.15) is 0 Å². The van der Waals surface area contributed by atoms with Crippen molar-refractivity contribution < 1.29 is 19.1 Å². The fourth-order valence-electron chi connectivity index (χ4n) is 1.70. The summed E-state index contributed by atoms with van der Waals surface area (Å²) >= 11 is 0. The van der Waals surface area contributed by atoms with Gasteiger partial charge in [-0.15, -0.1) is 0 Å². The van der Waals surface area contributed by atoms with Gasteiger partial charge in [-0.25, -0.2) is 0 Å². The second kappa shape index (κ2) is 5.14. The molecule has 18 heavy (non-hydrogen) atoms. The molecule has 0 fully saturated rings. The number of benzene rings is 1. The van der Waals surface area contributed by atoms with Gasteiger partial charge in [0.2, 0.25) is 0 Å². The van der Waals surface area contributed by atoms with Crippen LogP contribution >= 0.6 is 7.60 Å². The number of aliphatic hydroxyl groups is 1. The quantitative estimate of drug-likeness (QED) is 0.854. The Labute approximate surface area is 108 Å². The Morgan fingerprint density at radius 1 is 1.28 bits per heavy atom. The summed E-state index contributed by atoms with van der Waals surface area (Å²) in [5, 5.41) is 8.50. The monoisotopic (exact) mass is 271 g/mol. The molecule has 0 heterocycles. The molecule has 0 saturated carbocycles. The molecule has 1 aromatic carbocycles. The first-order valence-electron chi connectivity index (χ1n) is 5.92. The van der Waals surface area contributed by atoms with Gasteiger partial charge >= 0.3 is 0 Å². The zero-order valence-corrected chi connectivity index (χ0v) is 12.1. The number of hydrogen-bond donors (Lipinski definition) is 1. The van der Waals surface area contributed by atoms with E-state index in [0.717, 1.165) is 0 Å². The van der Waals surface area contributed by atoms with Gasteiger partial charge in [0.25, 0.3) is 0 Å². The molecule has 0 saturated heterocycles. The van der Waals surface area contributed by atoms with Crippen LogP contribution in [0.4, 0.5) is 0 Å². The van der Waals surface area contributed by atoms with Crippen molar-refractivity contribution in [3.8, 4) is 0 Å². The van der Waals surface area contributed by atoms with Gasteiger partial charge in [-0.3, -0.25) is 0 Å². The van der Waals surface area contributed by atoms with Gasteiger partial charge in [-0.1, -0.05) is 37.3 Å². The second-order valence-electron chi connectivity index (χ2n) is 5.24. The van der Waals surface area contributed by atoms with Gasteiger partial charge in [-0.2, -0.15) is 0 Å². The van der Waals surface area contributed by atoms with Gasteiger partial charge in [0.05, 0.1) is 5.60 Å². The molecule has 0 aliphatic heterocycles. The summed E-state index contributed by atoms with van der Waals surface area (Å²) in [4.78, 5) is 12.3. The molecule has 1 rings (SSSR count). The summed E-state index contributed by atoms with van der Waals surface area (Å²) in [5.74, 6) is 0. The zero-order chi connectivity index (χ0) is 14.0. The van der Waals surface area contributed by atoms with E-state index in [9.17, 15) is 14.6 Å². The van der Waals surface area contributed by atoms with Crippen LogP contribution in [-0.4, -0.2) is 10.7 Å². The van der Waals surface area contributed by atoms with E-state index in [0.29, 0.717) is 5.56 Å². The highest BCUT2D eigenvalue weighted by Gasteiger charge is 2.41. The summed E-state index contributed by atoms with van der Waals surface area (Å²) in [6.45, 7) is 6.53. The molecule has 0 spiro atoms. The second-order valence-corrected chi connectivity index (χ2v) is 7.15. The van der Waals surface area contributed by atoms with E-state index in [1.165, 1.54) is 0 Å². The fraction of sp³-hybridized carbons (Fsp3) is 0.538. The summed E-state index contributed by atoms with van der Waals surface area (Å²) in [6, 6.07) is 8.31. The van der Waals surface area contributed by atoms with Gasteiger partial charge < -0.3 is 19.1 Å². The largest absolute Gasteiger partial charge is 0.776 e. The van der Waals surface area contributed by atoms with Crippen molar-refractivity contribution >= 4 is 7.60 Å². The minimum atomic E-state index is -4.45. The third-order valence-electron chi connectivity index (χ3n) is 2.58. The lowest BCUT2D eigenvalue weighted by Crippen LogP contribution is -2.35. The first-order valence-corrected chi connectivity index (χ1v) is 7.46. The van der Waals surface area contributed by atoms with Gasteiger partial charge in [-0.05, 0) is 32.8 Å². The van der Waals surface area contributed by atoms with Crippen molar-refractivity contribution in [1.82, 2.24) is 0 Å². The van der Waals surface area contributed by atoms with Crippen LogP contribution in [0.3, 0.4) is 0 Å². The van der Waals surface area contributed by atoms with Gasteiger partial charge in [0.15, 0.2) is 12.9 Å². The fourth-order valence-corrected chi connectivity index (χ4v) is 3.42. The number of rotatable bonds is 4. The highest BCUT2D eigenvalue weighted by atomic mass is 31.2. The van der Waals surface area contributed by atoms with Crippen LogP contribution in [0.15, 0.2) is 30.3 Å². The highest BCUT2D eigenvalue weighted by molar-refractivity contribution is 7.52. The van der Waals surface area contributed by atoms with Crippen LogP contribution < -0.4 is 4.89 Å². The molecular weight excluding hydrogens is 251 g/mol. The van der Waals surface area contributed by atoms with E-state index in [1.54, 1.807) is 58.0 Å². The molecule has 5 heteroatoms. The molecule has 0 radical (unpaired) electrons. The summed E-state index contributed by atoms with van der Waals surface area (Å²) in [6.07, 6.45) is 0.0356. The standard InChI is InChI=1S/C13H21O4P/c1-5-13(14,11-9-7-6-8-10-11)18(15,16)17-12(2,3)4/h6-10,14H,5H2,1-4H3,(H,15,16)/p-1. The van der Waals surface area contributed by atoms with E-state index in [2.05, 4.69) is 0 Å². The molecule has 1 aromatic rings. The predicted molar refractivity (Wildman–Crippen MR) is 69.1 cm³/mol. The maximum absolute atomic E-state index is 12.3. The molecule has 102 valence electrons. The molecule has 0 amide bonds. The predicted octanol–water partition coefficient (Wildman–Crippen LogP) is 2.61. The topological polar surface area (TPSA) is 69.6 Å². The Hall–Kier alpha value is -0.670. The molecule has 0 aliphatic rings. The van der Waals surface area contributed by atoms with Crippen molar-refractivity contribution in [1.29, 1.82) is 0 Å². The minimum Gasteiger partial charge on any atom is -0.776 e. The van der Waals surface area contributed by atoms with Crippen molar-refractivity contribution in [2.24, 2.45) is 0 Å². The Morgan fingerprint density at radius 3 is 2.17 bits per heavy atom. The van der Waals surface area contributed by atoms with Crippen LogP contribution in [0.1, 0.15) is 39.7 Å². The van der Waals surface area contributed by atoms with Crippen molar-refractivity contribution in [3.05, 3.63) is 35.9 Å². The number of hydrogen-bond acceptors (Lipinski definition) is 4. The average Bonchev–Trinajstić information content (AvgIpc) is 2.25. The van der Waals surface area contributed by atoms with Crippen LogP contribution in [-0.2, 0) is 14.4 Å². The van der Waals surface area contributed by atoms with Gasteiger partial charge in [0, 0.05) is 0 Å². The van der Waals surface area contributed by atoms with Crippen molar-refractivity contribution in [2.75, 3.05) is 0 Å². The van der Waals surface area contributed by atoms with Crippen LogP contribution in [0, 0.1) is 0 Å². The molecule has 0 aliphatic carbocycles. The zero-order valence-electron chi connectivity index (χ0n) is 11.2. The summed E-state index contributed by atoms with van der Waals surface area (Å²) < 4.78 is 17.3. The Balaban J connectivity index is 3.20. The molecule has 1 N–H and O–H groups in total. The van der Waals surface area contributed by atoms with Crippen molar-refractivity contribution in [3.63, 3.8) is 0 Å². The lowest BCUT2D eigenvalue weighted by molar-refractivity contribution is -0.225. The van der Waals surface area contributed by atoms with E-state index >= 15 is 0 Å².